The summed E-state index contributed by atoms with van der Waals surface area (Å²) in [6.45, 7) is 4.72. The fourth-order valence-corrected chi connectivity index (χ4v) is 8.60. The van der Waals surface area contributed by atoms with E-state index in [2.05, 4.69) is 115 Å². The molecule has 1 aliphatic heterocycles. The zero-order chi connectivity index (χ0) is 29.6. The molecule has 0 radical (unpaired) electrons. The topological polar surface area (TPSA) is 40.8 Å². The minimum absolute atomic E-state index is 0.0609. The Morgan fingerprint density at radius 3 is 2.52 bits per heavy atom. The van der Waals surface area contributed by atoms with Crippen LogP contribution in [0.2, 0.25) is 0 Å². The average molecular weight is 584 g/mol. The molecule has 0 fully saturated rings. The molecular formula is C40H29N3S. The van der Waals surface area contributed by atoms with Gasteiger partial charge in [-0.3, -0.25) is 0 Å². The molecule has 0 unspecified atom stereocenters. The van der Waals surface area contributed by atoms with Crippen molar-refractivity contribution in [2.45, 2.75) is 19.3 Å². The summed E-state index contributed by atoms with van der Waals surface area (Å²) < 4.78 is 3.77. The number of hydrogen-bond donors (Lipinski definition) is 2. The summed E-state index contributed by atoms with van der Waals surface area (Å²) in [5.41, 5.74) is 12.3. The van der Waals surface area contributed by atoms with Crippen LogP contribution in [0.5, 0.6) is 0 Å². The Hall–Kier alpha value is -5.19. The molecule has 0 bridgehead atoms. The molecule has 0 amide bonds. The van der Waals surface area contributed by atoms with Crippen molar-refractivity contribution in [1.82, 2.24) is 9.88 Å². The quantitative estimate of drug-likeness (QED) is 0.209. The number of thiophene rings is 1. The highest BCUT2D eigenvalue weighted by molar-refractivity contribution is 7.25. The number of rotatable bonds is 2. The van der Waals surface area contributed by atoms with Crippen molar-refractivity contribution < 1.29 is 0 Å². The Balaban J connectivity index is 1.32. The maximum Gasteiger partial charge on any atom is 0.109 e. The van der Waals surface area contributed by atoms with Crippen LogP contribution in [0.4, 0.5) is 0 Å². The molecule has 4 aromatic carbocycles. The summed E-state index contributed by atoms with van der Waals surface area (Å²) in [5, 5.41) is 16.0. The fraction of sp³-hybridized carbons (Fsp3) is 0.0750. The van der Waals surface area contributed by atoms with Crippen molar-refractivity contribution in [1.29, 1.82) is 5.41 Å². The van der Waals surface area contributed by atoms with Gasteiger partial charge in [0.25, 0.3) is 0 Å². The molecule has 3 heterocycles. The summed E-state index contributed by atoms with van der Waals surface area (Å²) in [6.07, 6.45) is 13.9. The molecule has 3 aliphatic rings. The Labute approximate surface area is 260 Å². The predicted octanol–water partition coefficient (Wildman–Crippen LogP) is 10.2. The number of allylic oxidation sites excluding steroid dienone is 8. The summed E-state index contributed by atoms with van der Waals surface area (Å²) in [7, 11) is 0. The summed E-state index contributed by atoms with van der Waals surface area (Å²) in [6, 6.07) is 31.5. The SMILES string of the molecule is CC1(C)c2ccccc2-c2cc3c(cc21)c1c2ccccc2sc1n3-c1cccc(C2=CC=CN/C2=C2/C=CC=CC2=N)c1. The van der Waals surface area contributed by atoms with Gasteiger partial charge in [-0.05, 0) is 70.3 Å². The van der Waals surface area contributed by atoms with Crippen molar-refractivity contribution in [3.63, 3.8) is 0 Å². The first-order valence-corrected chi connectivity index (χ1v) is 15.8. The van der Waals surface area contributed by atoms with E-state index in [0.29, 0.717) is 5.71 Å². The Bertz CT molecular complexity index is 2400. The Kier molecular flexibility index (Phi) is 5.27. The number of hydrogen-bond acceptors (Lipinski definition) is 3. The van der Waals surface area contributed by atoms with E-state index in [1.807, 2.05) is 47.9 Å². The second-order valence-electron chi connectivity index (χ2n) is 12.3. The number of fused-ring (bicyclic) bond motifs is 8. The number of nitrogens with one attached hydrogen (secondary N) is 2. The van der Waals surface area contributed by atoms with Crippen LogP contribution >= 0.6 is 11.3 Å². The van der Waals surface area contributed by atoms with E-state index in [1.165, 1.54) is 53.5 Å². The molecule has 9 rings (SSSR count). The molecule has 3 nitrogen and oxygen atoms in total. The third kappa shape index (κ3) is 3.46. The minimum Gasteiger partial charge on any atom is -0.361 e. The first-order chi connectivity index (χ1) is 21.5. The average Bonchev–Trinajstić information content (AvgIpc) is 3.65. The van der Waals surface area contributed by atoms with Gasteiger partial charge in [0, 0.05) is 49.3 Å². The van der Waals surface area contributed by atoms with Gasteiger partial charge in [-0.2, -0.15) is 0 Å². The van der Waals surface area contributed by atoms with Gasteiger partial charge in [-0.25, -0.2) is 0 Å². The second-order valence-corrected chi connectivity index (χ2v) is 13.3. The third-order valence-electron chi connectivity index (χ3n) is 9.46. The van der Waals surface area contributed by atoms with E-state index in [-0.39, 0.29) is 5.41 Å². The Morgan fingerprint density at radius 2 is 1.61 bits per heavy atom. The molecule has 210 valence electrons. The van der Waals surface area contributed by atoms with Crippen LogP contribution in [-0.4, -0.2) is 10.3 Å². The van der Waals surface area contributed by atoms with Crippen molar-refractivity contribution in [3.8, 4) is 16.8 Å². The van der Waals surface area contributed by atoms with Gasteiger partial charge in [-0.15, -0.1) is 11.3 Å². The molecule has 0 atom stereocenters. The van der Waals surface area contributed by atoms with E-state index in [1.54, 1.807) is 0 Å². The molecule has 0 saturated heterocycles. The summed E-state index contributed by atoms with van der Waals surface area (Å²) >= 11 is 1.87. The van der Waals surface area contributed by atoms with Gasteiger partial charge in [0.05, 0.1) is 16.9 Å². The normalized spacial score (nSPS) is 18.2. The smallest absolute Gasteiger partial charge is 0.109 e. The Morgan fingerprint density at radius 1 is 0.773 bits per heavy atom. The lowest BCUT2D eigenvalue weighted by Gasteiger charge is -2.21. The van der Waals surface area contributed by atoms with Crippen molar-refractivity contribution in [3.05, 3.63) is 156 Å². The maximum atomic E-state index is 8.57. The van der Waals surface area contributed by atoms with Gasteiger partial charge in [0.15, 0.2) is 0 Å². The number of nitrogens with zero attached hydrogens (tertiary/aromatic N) is 1. The largest absolute Gasteiger partial charge is 0.361 e. The van der Waals surface area contributed by atoms with Crippen LogP contribution < -0.4 is 5.32 Å². The molecule has 4 heteroatoms. The molecule has 0 saturated carbocycles. The van der Waals surface area contributed by atoms with Gasteiger partial charge < -0.3 is 15.3 Å². The highest BCUT2D eigenvalue weighted by Crippen LogP contribution is 2.52. The molecule has 2 N–H and O–H groups in total. The van der Waals surface area contributed by atoms with Gasteiger partial charge in [-0.1, -0.05) is 92.7 Å². The van der Waals surface area contributed by atoms with Crippen LogP contribution in [0, 0.1) is 5.41 Å². The van der Waals surface area contributed by atoms with E-state index in [0.717, 1.165) is 28.1 Å². The number of aromatic nitrogens is 1. The second kappa shape index (κ2) is 9.15. The van der Waals surface area contributed by atoms with Crippen molar-refractivity contribution >= 4 is 53.8 Å². The molecule has 2 aromatic heterocycles. The molecule has 2 aliphatic carbocycles. The van der Waals surface area contributed by atoms with Crippen LogP contribution in [0.15, 0.2) is 139 Å². The van der Waals surface area contributed by atoms with E-state index < -0.39 is 0 Å². The van der Waals surface area contributed by atoms with E-state index in [9.17, 15) is 0 Å². The maximum absolute atomic E-state index is 8.57. The van der Waals surface area contributed by atoms with Crippen molar-refractivity contribution in [2.24, 2.45) is 0 Å². The van der Waals surface area contributed by atoms with Crippen LogP contribution in [-0.2, 0) is 5.41 Å². The molecule has 0 spiro atoms. The summed E-state index contributed by atoms with van der Waals surface area (Å²) in [5.74, 6) is 0. The zero-order valence-electron chi connectivity index (χ0n) is 24.5. The highest BCUT2D eigenvalue weighted by atomic mass is 32.1. The molecule has 44 heavy (non-hydrogen) atoms. The van der Waals surface area contributed by atoms with E-state index >= 15 is 0 Å². The van der Waals surface area contributed by atoms with E-state index in [4.69, 9.17) is 5.41 Å². The fourth-order valence-electron chi connectivity index (χ4n) is 7.35. The minimum atomic E-state index is -0.0609. The lowest BCUT2D eigenvalue weighted by atomic mass is 9.82. The predicted molar refractivity (Wildman–Crippen MR) is 187 cm³/mol. The first kappa shape index (κ1) is 25.3. The van der Waals surface area contributed by atoms with Gasteiger partial charge >= 0.3 is 0 Å². The monoisotopic (exact) mass is 583 g/mol. The van der Waals surface area contributed by atoms with Gasteiger partial charge in [0.1, 0.15) is 4.83 Å². The lowest BCUT2D eigenvalue weighted by Crippen LogP contribution is -2.16. The molecule has 6 aromatic rings. The standard InChI is InChI=1S/C40H29N3S/c1-40(2)32-17-6-3-13-27(32)30-23-35-31(22-33(30)40)37-29-15-5-8-19-36(29)44-39(37)43(35)25-12-9-11-24(21-25)26-16-10-20-42-38(26)28-14-4-7-18-34(28)41/h3-23,41-42H,1-2H3/b38-28-,41-34?. The van der Waals surface area contributed by atoms with Gasteiger partial charge in [0.2, 0.25) is 0 Å². The van der Waals surface area contributed by atoms with Crippen LogP contribution in [0.3, 0.4) is 0 Å². The number of dihydropyridines is 1. The lowest BCUT2D eigenvalue weighted by molar-refractivity contribution is 0.661. The highest BCUT2D eigenvalue weighted by Gasteiger charge is 2.36. The summed E-state index contributed by atoms with van der Waals surface area (Å²) in [4.78, 5) is 1.27. The van der Waals surface area contributed by atoms with Crippen molar-refractivity contribution in [2.75, 3.05) is 0 Å². The third-order valence-corrected chi connectivity index (χ3v) is 10.6. The van der Waals surface area contributed by atoms with Crippen LogP contribution in [0.1, 0.15) is 30.5 Å². The molecular weight excluding hydrogens is 555 g/mol. The van der Waals surface area contributed by atoms with Crippen LogP contribution in [0.25, 0.3) is 53.6 Å². The zero-order valence-corrected chi connectivity index (χ0v) is 25.3. The first-order valence-electron chi connectivity index (χ1n) is 15.0. The number of benzene rings is 4.